The summed E-state index contributed by atoms with van der Waals surface area (Å²) in [6.45, 7) is 6.65. The topological polar surface area (TPSA) is 43.9 Å². The Hall–Kier alpha value is -2.66. The lowest BCUT2D eigenvalue weighted by molar-refractivity contribution is -0.137. The monoisotopic (exact) mass is 377 g/mol. The van der Waals surface area contributed by atoms with Crippen molar-refractivity contribution < 1.29 is 9.59 Å². The number of para-hydroxylation sites is 1. The fourth-order valence-electron chi connectivity index (χ4n) is 4.20. The number of benzene rings is 2. The summed E-state index contributed by atoms with van der Waals surface area (Å²) in [5, 5.41) is 0. The average Bonchev–Trinajstić information content (AvgIpc) is 3.11. The van der Waals surface area contributed by atoms with Crippen LogP contribution >= 0.6 is 0 Å². The Kier molecular flexibility index (Phi) is 5.44. The molecular weight excluding hydrogens is 350 g/mol. The molecule has 0 N–H and O–H groups in total. The van der Waals surface area contributed by atoms with Crippen LogP contribution in [0.5, 0.6) is 0 Å². The van der Waals surface area contributed by atoms with E-state index in [0.29, 0.717) is 13.0 Å². The number of piperazine rings is 1. The third kappa shape index (κ3) is 3.94. The van der Waals surface area contributed by atoms with E-state index >= 15 is 0 Å². The van der Waals surface area contributed by atoms with Gasteiger partial charge in [-0.25, -0.2) is 0 Å². The molecule has 0 spiro atoms. The molecule has 2 aromatic carbocycles. The van der Waals surface area contributed by atoms with Crippen LogP contribution in [0.3, 0.4) is 0 Å². The van der Waals surface area contributed by atoms with Crippen LogP contribution in [0, 0.1) is 12.8 Å². The number of hydrogen-bond acceptors (Lipinski definition) is 3. The van der Waals surface area contributed by atoms with Gasteiger partial charge >= 0.3 is 0 Å². The normalized spacial score (nSPS) is 20.6. The van der Waals surface area contributed by atoms with Crippen LogP contribution in [0.2, 0.25) is 0 Å². The Labute approximate surface area is 166 Å². The maximum absolute atomic E-state index is 13.0. The Morgan fingerprint density at radius 1 is 0.964 bits per heavy atom. The predicted molar refractivity (Wildman–Crippen MR) is 110 cm³/mol. The minimum atomic E-state index is -0.229. The number of rotatable bonds is 4. The highest BCUT2D eigenvalue weighted by molar-refractivity contribution is 6.00. The molecule has 0 aromatic heterocycles. The van der Waals surface area contributed by atoms with Crippen LogP contribution in [0.4, 0.5) is 5.69 Å². The van der Waals surface area contributed by atoms with E-state index in [0.717, 1.165) is 44.0 Å². The van der Waals surface area contributed by atoms with E-state index in [1.807, 2.05) is 42.2 Å². The molecule has 0 aliphatic carbocycles. The van der Waals surface area contributed by atoms with Crippen LogP contribution in [0.15, 0.2) is 54.6 Å². The summed E-state index contributed by atoms with van der Waals surface area (Å²) >= 11 is 0. The van der Waals surface area contributed by atoms with Gasteiger partial charge in [-0.1, -0.05) is 48.5 Å². The molecule has 2 aliphatic heterocycles. The van der Waals surface area contributed by atoms with Gasteiger partial charge in [-0.05, 0) is 24.1 Å². The number of aryl methyl sites for hydroxylation is 1. The van der Waals surface area contributed by atoms with Crippen molar-refractivity contribution in [1.29, 1.82) is 0 Å². The van der Waals surface area contributed by atoms with E-state index in [4.69, 9.17) is 0 Å². The molecule has 0 radical (unpaired) electrons. The molecule has 2 aliphatic rings. The van der Waals surface area contributed by atoms with E-state index in [-0.39, 0.29) is 17.7 Å². The Morgan fingerprint density at radius 3 is 2.36 bits per heavy atom. The highest BCUT2D eigenvalue weighted by atomic mass is 16.2. The third-order valence-electron chi connectivity index (χ3n) is 5.81. The number of hydrogen-bond donors (Lipinski definition) is 0. The van der Waals surface area contributed by atoms with Gasteiger partial charge in [0.1, 0.15) is 0 Å². The first-order valence-corrected chi connectivity index (χ1v) is 10.0. The zero-order valence-corrected chi connectivity index (χ0v) is 16.4. The zero-order chi connectivity index (χ0) is 19.5. The summed E-state index contributed by atoms with van der Waals surface area (Å²) in [7, 11) is 0. The molecule has 5 nitrogen and oxygen atoms in total. The van der Waals surface area contributed by atoms with E-state index in [1.165, 1.54) is 5.56 Å². The van der Waals surface area contributed by atoms with E-state index in [2.05, 4.69) is 29.2 Å². The summed E-state index contributed by atoms with van der Waals surface area (Å²) < 4.78 is 0. The number of carbonyl (C=O) groups excluding carboxylic acids is 2. The van der Waals surface area contributed by atoms with Crippen LogP contribution in [0.25, 0.3) is 0 Å². The molecule has 2 fully saturated rings. The van der Waals surface area contributed by atoms with Gasteiger partial charge in [0.05, 0.1) is 5.92 Å². The van der Waals surface area contributed by atoms with Gasteiger partial charge in [-0.3, -0.25) is 14.5 Å². The number of anilines is 1. The highest BCUT2D eigenvalue weighted by Gasteiger charge is 2.38. The fourth-order valence-corrected chi connectivity index (χ4v) is 4.20. The number of carbonyl (C=O) groups is 2. The summed E-state index contributed by atoms with van der Waals surface area (Å²) in [6.07, 6.45) is 0.317. The van der Waals surface area contributed by atoms with Gasteiger partial charge in [-0.2, -0.15) is 0 Å². The first-order valence-electron chi connectivity index (χ1n) is 10.0. The number of nitrogens with zero attached hydrogens (tertiary/aromatic N) is 3. The lowest BCUT2D eigenvalue weighted by atomic mass is 10.1. The predicted octanol–water partition coefficient (Wildman–Crippen LogP) is 2.69. The minimum Gasteiger partial charge on any atom is -0.340 e. The Balaban J connectivity index is 1.33. The molecule has 0 bridgehead atoms. The van der Waals surface area contributed by atoms with Crippen LogP contribution in [-0.2, 0) is 16.1 Å². The van der Waals surface area contributed by atoms with Crippen LogP contribution in [0.1, 0.15) is 17.5 Å². The molecule has 5 heteroatoms. The van der Waals surface area contributed by atoms with Gasteiger partial charge in [0.15, 0.2) is 0 Å². The molecule has 146 valence electrons. The second kappa shape index (κ2) is 8.15. The second-order valence-corrected chi connectivity index (χ2v) is 7.78. The van der Waals surface area contributed by atoms with Crippen LogP contribution in [-0.4, -0.2) is 54.3 Å². The largest absolute Gasteiger partial charge is 0.340 e. The SMILES string of the molecule is Cc1ccccc1N1C[C@H](C(=O)N2CCN(Cc3ccccc3)CC2)CC1=O. The van der Waals surface area contributed by atoms with E-state index in [1.54, 1.807) is 4.90 Å². The second-order valence-electron chi connectivity index (χ2n) is 7.78. The van der Waals surface area contributed by atoms with Crippen LogP contribution < -0.4 is 4.90 Å². The summed E-state index contributed by atoms with van der Waals surface area (Å²) in [6, 6.07) is 18.3. The Morgan fingerprint density at radius 2 is 1.64 bits per heavy atom. The van der Waals surface area contributed by atoms with Gasteiger partial charge < -0.3 is 9.80 Å². The third-order valence-corrected chi connectivity index (χ3v) is 5.81. The van der Waals surface area contributed by atoms with Gasteiger partial charge in [0.25, 0.3) is 0 Å². The first-order chi connectivity index (χ1) is 13.6. The van der Waals surface area contributed by atoms with Crippen molar-refractivity contribution in [3.63, 3.8) is 0 Å². The molecule has 2 aromatic rings. The van der Waals surface area contributed by atoms with Crippen molar-refractivity contribution in [2.75, 3.05) is 37.6 Å². The summed E-state index contributed by atoms with van der Waals surface area (Å²) in [5.74, 6) is -0.0491. The average molecular weight is 377 g/mol. The molecule has 0 unspecified atom stereocenters. The molecule has 1 atom stereocenters. The molecule has 28 heavy (non-hydrogen) atoms. The van der Waals surface area contributed by atoms with Crippen molar-refractivity contribution in [2.24, 2.45) is 5.92 Å². The molecule has 2 heterocycles. The first kappa shape index (κ1) is 18.7. The van der Waals surface area contributed by atoms with Crippen molar-refractivity contribution in [2.45, 2.75) is 19.9 Å². The molecule has 0 saturated carbocycles. The van der Waals surface area contributed by atoms with Gasteiger partial charge in [0.2, 0.25) is 11.8 Å². The quantitative estimate of drug-likeness (QED) is 0.823. The van der Waals surface area contributed by atoms with E-state index < -0.39 is 0 Å². The van der Waals surface area contributed by atoms with Gasteiger partial charge in [-0.15, -0.1) is 0 Å². The van der Waals surface area contributed by atoms with Crippen molar-refractivity contribution in [3.05, 3.63) is 65.7 Å². The standard InChI is InChI=1S/C23H27N3O2/c1-18-7-5-6-10-21(18)26-17-20(15-22(26)27)23(28)25-13-11-24(12-14-25)16-19-8-3-2-4-9-19/h2-10,20H,11-17H2,1H3/t20-/m1/s1. The number of amides is 2. The van der Waals surface area contributed by atoms with Gasteiger partial charge in [0, 0.05) is 51.4 Å². The lowest BCUT2D eigenvalue weighted by Crippen LogP contribution is -2.50. The summed E-state index contributed by atoms with van der Waals surface area (Å²) in [4.78, 5) is 31.6. The molecule has 2 amide bonds. The Bertz CT molecular complexity index is 844. The van der Waals surface area contributed by atoms with Crippen molar-refractivity contribution in [3.8, 4) is 0 Å². The smallest absolute Gasteiger partial charge is 0.228 e. The highest BCUT2D eigenvalue weighted by Crippen LogP contribution is 2.29. The maximum atomic E-state index is 13.0. The molecule has 2 saturated heterocycles. The molecular formula is C23H27N3O2. The maximum Gasteiger partial charge on any atom is 0.228 e. The lowest BCUT2D eigenvalue weighted by Gasteiger charge is -2.36. The minimum absolute atomic E-state index is 0.0513. The molecule has 4 rings (SSSR count). The zero-order valence-electron chi connectivity index (χ0n) is 16.4. The summed E-state index contributed by atoms with van der Waals surface area (Å²) in [5.41, 5.74) is 3.30. The van der Waals surface area contributed by atoms with E-state index in [9.17, 15) is 9.59 Å². The fraction of sp³-hybridized carbons (Fsp3) is 0.391. The van der Waals surface area contributed by atoms with Crippen molar-refractivity contribution >= 4 is 17.5 Å². The van der Waals surface area contributed by atoms with Crippen molar-refractivity contribution in [1.82, 2.24) is 9.80 Å².